The number of rotatable bonds is 5. The van der Waals surface area contributed by atoms with Crippen molar-refractivity contribution < 1.29 is 9.47 Å². The zero-order chi connectivity index (χ0) is 15.1. The quantitative estimate of drug-likeness (QED) is 0.835. The molecule has 2 atom stereocenters. The first-order valence-electron chi connectivity index (χ1n) is 7.69. The number of nitrogens with zero attached hydrogens (tertiary/aromatic N) is 2. The molecule has 3 rings (SSSR count). The molecule has 1 aromatic rings. The Bertz CT molecular complexity index is 517. The largest absolute Gasteiger partial charge is 0.481 e. The van der Waals surface area contributed by atoms with Gasteiger partial charge in [0.25, 0.3) is 0 Å². The summed E-state index contributed by atoms with van der Waals surface area (Å²) in [7, 11) is 3.49. The average Bonchev–Trinajstić information content (AvgIpc) is 2.73. The SMILES string of the molecule is COC[C@@]12CN(Cc3ccnc(OC)c3)C[C@@H]1C(C)(C)C2. The Labute approximate surface area is 127 Å². The molecule has 0 amide bonds. The van der Waals surface area contributed by atoms with Crippen LogP contribution in [0.15, 0.2) is 18.3 Å². The fourth-order valence-electron chi connectivity index (χ4n) is 4.75. The predicted octanol–water partition coefficient (Wildman–Crippen LogP) is 2.58. The van der Waals surface area contributed by atoms with Gasteiger partial charge in [-0.25, -0.2) is 4.98 Å². The van der Waals surface area contributed by atoms with Crippen molar-refractivity contribution in [3.05, 3.63) is 23.9 Å². The van der Waals surface area contributed by atoms with Crippen LogP contribution in [0.25, 0.3) is 0 Å². The Morgan fingerprint density at radius 1 is 1.38 bits per heavy atom. The summed E-state index contributed by atoms with van der Waals surface area (Å²) in [4.78, 5) is 6.74. The lowest BCUT2D eigenvalue weighted by atomic mass is 9.48. The van der Waals surface area contributed by atoms with E-state index in [1.54, 1.807) is 7.11 Å². The van der Waals surface area contributed by atoms with E-state index in [9.17, 15) is 0 Å². The van der Waals surface area contributed by atoms with Gasteiger partial charge in [-0.1, -0.05) is 13.8 Å². The molecule has 2 aliphatic rings. The summed E-state index contributed by atoms with van der Waals surface area (Å²) in [6.07, 6.45) is 3.10. The van der Waals surface area contributed by atoms with Gasteiger partial charge in [0.2, 0.25) is 5.88 Å². The lowest BCUT2D eigenvalue weighted by Gasteiger charge is -2.56. The molecule has 0 N–H and O–H groups in total. The maximum atomic E-state index is 5.52. The first-order valence-corrected chi connectivity index (χ1v) is 7.69. The molecule has 1 aliphatic carbocycles. The number of hydrogen-bond acceptors (Lipinski definition) is 4. The van der Waals surface area contributed by atoms with Crippen molar-refractivity contribution in [3.8, 4) is 5.88 Å². The minimum atomic E-state index is 0.370. The second-order valence-electron chi connectivity index (χ2n) is 7.39. The summed E-state index contributed by atoms with van der Waals surface area (Å²) in [5.74, 6) is 1.44. The van der Waals surface area contributed by atoms with Gasteiger partial charge in [-0.15, -0.1) is 0 Å². The van der Waals surface area contributed by atoms with Gasteiger partial charge >= 0.3 is 0 Å². The van der Waals surface area contributed by atoms with E-state index in [0.29, 0.717) is 16.7 Å². The van der Waals surface area contributed by atoms with Gasteiger partial charge < -0.3 is 9.47 Å². The normalized spacial score (nSPS) is 30.8. The van der Waals surface area contributed by atoms with Crippen molar-refractivity contribution >= 4 is 0 Å². The summed E-state index contributed by atoms with van der Waals surface area (Å²) in [5, 5.41) is 0. The molecule has 116 valence electrons. The van der Waals surface area contributed by atoms with Gasteiger partial charge in [0, 0.05) is 44.4 Å². The van der Waals surface area contributed by atoms with Crippen molar-refractivity contribution in [2.75, 3.05) is 33.9 Å². The van der Waals surface area contributed by atoms with Gasteiger partial charge in [-0.3, -0.25) is 4.90 Å². The van der Waals surface area contributed by atoms with Crippen molar-refractivity contribution in [3.63, 3.8) is 0 Å². The van der Waals surface area contributed by atoms with E-state index >= 15 is 0 Å². The van der Waals surface area contributed by atoms with E-state index in [1.165, 1.54) is 18.5 Å². The molecule has 1 aliphatic heterocycles. The van der Waals surface area contributed by atoms with E-state index in [1.807, 2.05) is 19.4 Å². The molecule has 0 unspecified atom stereocenters. The molecule has 1 saturated carbocycles. The number of ether oxygens (including phenoxy) is 2. The standard InChI is InChI=1S/C17H26N2O2/c1-16(2)10-17(12-20-3)11-19(9-14(16)17)8-13-5-6-18-15(7-13)21-4/h5-7,14H,8-12H2,1-4H3/t14-,17-/m1/s1. The molecule has 21 heavy (non-hydrogen) atoms. The maximum Gasteiger partial charge on any atom is 0.213 e. The minimum Gasteiger partial charge on any atom is -0.481 e. The summed E-state index contributed by atoms with van der Waals surface area (Å²) < 4.78 is 10.7. The lowest BCUT2D eigenvalue weighted by molar-refractivity contribution is -0.107. The Kier molecular flexibility index (Phi) is 3.70. The number of fused-ring (bicyclic) bond motifs is 1. The highest BCUT2D eigenvalue weighted by atomic mass is 16.5. The highest BCUT2D eigenvalue weighted by Crippen LogP contribution is 2.62. The number of hydrogen-bond donors (Lipinski definition) is 0. The van der Waals surface area contributed by atoms with E-state index in [-0.39, 0.29) is 0 Å². The topological polar surface area (TPSA) is 34.6 Å². The van der Waals surface area contributed by atoms with E-state index in [0.717, 1.165) is 25.6 Å². The second kappa shape index (κ2) is 5.25. The van der Waals surface area contributed by atoms with Crippen LogP contribution in [0.4, 0.5) is 0 Å². The van der Waals surface area contributed by atoms with Gasteiger partial charge in [-0.2, -0.15) is 0 Å². The highest BCUT2D eigenvalue weighted by molar-refractivity contribution is 5.21. The van der Waals surface area contributed by atoms with Gasteiger partial charge in [0.15, 0.2) is 0 Å². The van der Waals surface area contributed by atoms with Crippen molar-refractivity contribution in [1.29, 1.82) is 0 Å². The Hall–Kier alpha value is -1.13. The molecular formula is C17H26N2O2. The molecule has 0 bridgehead atoms. The molecular weight excluding hydrogens is 264 g/mol. The molecule has 2 fully saturated rings. The molecule has 4 heteroatoms. The van der Waals surface area contributed by atoms with Gasteiger partial charge in [0.05, 0.1) is 13.7 Å². The van der Waals surface area contributed by atoms with E-state index in [4.69, 9.17) is 9.47 Å². The van der Waals surface area contributed by atoms with Crippen LogP contribution in [0.1, 0.15) is 25.8 Å². The smallest absolute Gasteiger partial charge is 0.213 e. The van der Waals surface area contributed by atoms with E-state index < -0.39 is 0 Å². The third-order valence-electron chi connectivity index (χ3n) is 5.32. The maximum absolute atomic E-state index is 5.52. The monoisotopic (exact) mass is 290 g/mol. The van der Waals surface area contributed by atoms with Crippen molar-refractivity contribution in [2.45, 2.75) is 26.8 Å². The van der Waals surface area contributed by atoms with Crippen LogP contribution in [-0.4, -0.2) is 43.8 Å². The third-order valence-corrected chi connectivity index (χ3v) is 5.32. The summed E-state index contributed by atoms with van der Waals surface area (Å²) in [6.45, 7) is 8.95. The summed E-state index contributed by atoms with van der Waals surface area (Å²) in [5.41, 5.74) is 2.09. The first-order chi connectivity index (χ1) is 9.99. The van der Waals surface area contributed by atoms with Crippen LogP contribution in [0.5, 0.6) is 5.88 Å². The molecule has 2 heterocycles. The minimum absolute atomic E-state index is 0.370. The molecule has 0 radical (unpaired) electrons. The molecule has 1 aromatic heterocycles. The van der Waals surface area contributed by atoms with E-state index in [2.05, 4.69) is 29.8 Å². The second-order valence-corrected chi connectivity index (χ2v) is 7.39. The van der Waals surface area contributed by atoms with Gasteiger partial charge in [-0.05, 0) is 29.4 Å². The van der Waals surface area contributed by atoms with Crippen molar-refractivity contribution in [1.82, 2.24) is 9.88 Å². The number of aromatic nitrogens is 1. The number of methoxy groups -OCH3 is 2. The summed E-state index contributed by atoms with van der Waals surface area (Å²) >= 11 is 0. The molecule has 4 nitrogen and oxygen atoms in total. The van der Waals surface area contributed by atoms with Crippen LogP contribution < -0.4 is 4.74 Å². The fraction of sp³-hybridized carbons (Fsp3) is 0.706. The van der Waals surface area contributed by atoms with Crippen LogP contribution in [0.3, 0.4) is 0 Å². The first kappa shape index (κ1) is 14.8. The molecule has 1 saturated heterocycles. The van der Waals surface area contributed by atoms with Crippen LogP contribution in [-0.2, 0) is 11.3 Å². The van der Waals surface area contributed by atoms with Crippen molar-refractivity contribution in [2.24, 2.45) is 16.7 Å². The molecule has 0 aromatic carbocycles. The Morgan fingerprint density at radius 3 is 2.86 bits per heavy atom. The van der Waals surface area contributed by atoms with Crippen LogP contribution >= 0.6 is 0 Å². The fourth-order valence-corrected chi connectivity index (χ4v) is 4.75. The summed E-state index contributed by atoms with van der Waals surface area (Å²) in [6, 6.07) is 4.12. The Morgan fingerprint density at radius 2 is 2.19 bits per heavy atom. The van der Waals surface area contributed by atoms with Gasteiger partial charge in [0.1, 0.15) is 0 Å². The van der Waals surface area contributed by atoms with Crippen LogP contribution in [0.2, 0.25) is 0 Å². The lowest BCUT2D eigenvalue weighted by Crippen LogP contribution is -2.55. The van der Waals surface area contributed by atoms with Crippen LogP contribution in [0, 0.1) is 16.7 Å². The zero-order valence-corrected chi connectivity index (χ0v) is 13.6. The zero-order valence-electron chi connectivity index (χ0n) is 13.6. The number of likely N-dealkylation sites (tertiary alicyclic amines) is 1. The number of pyridine rings is 1. The predicted molar refractivity (Wildman–Crippen MR) is 82.3 cm³/mol. The average molecular weight is 290 g/mol. The third kappa shape index (κ3) is 2.55. The highest BCUT2D eigenvalue weighted by Gasteiger charge is 2.62. The molecule has 0 spiro atoms. The Balaban J connectivity index is 1.71.